The van der Waals surface area contributed by atoms with Gasteiger partial charge in [0.25, 0.3) is 0 Å². The number of thioether (sulfide) groups is 1. The van der Waals surface area contributed by atoms with Crippen LogP contribution in [0.5, 0.6) is 0 Å². The predicted molar refractivity (Wildman–Crippen MR) is 105 cm³/mol. The Morgan fingerprint density at radius 1 is 1.20 bits per heavy atom. The third-order valence-electron chi connectivity index (χ3n) is 4.20. The van der Waals surface area contributed by atoms with Crippen molar-refractivity contribution in [2.24, 2.45) is 0 Å². The highest BCUT2D eigenvalue weighted by molar-refractivity contribution is 8.01. The highest BCUT2D eigenvalue weighted by Crippen LogP contribution is 2.28. The number of hydrogen-bond donors (Lipinski definition) is 1. The number of aryl methyl sites for hydroxylation is 1. The standard InChI is InChI=1S/C18H24N4OS2/c1-14-8-7-9-15(12-14)19-17-20-21-18(25-17)24-13-16(23)22-10-5-3-2-4-6-11-22/h7-9,12H,2-6,10-11,13H2,1H3,(H,19,20). The van der Waals surface area contributed by atoms with Gasteiger partial charge in [0.05, 0.1) is 5.75 Å². The van der Waals surface area contributed by atoms with Crippen molar-refractivity contribution in [1.82, 2.24) is 15.1 Å². The molecule has 1 fully saturated rings. The lowest BCUT2D eigenvalue weighted by Gasteiger charge is -2.24. The fourth-order valence-electron chi connectivity index (χ4n) is 2.88. The van der Waals surface area contributed by atoms with E-state index in [-0.39, 0.29) is 5.91 Å². The molecule has 0 unspecified atom stereocenters. The van der Waals surface area contributed by atoms with Crippen LogP contribution in [0.2, 0.25) is 0 Å². The van der Waals surface area contributed by atoms with E-state index in [1.807, 2.05) is 17.0 Å². The van der Waals surface area contributed by atoms with Gasteiger partial charge in [0.2, 0.25) is 11.0 Å². The summed E-state index contributed by atoms with van der Waals surface area (Å²) in [4.78, 5) is 14.4. The highest BCUT2D eigenvalue weighted by atomic mass is 32.2. The average Bonchev–Trinajstić information content (AvgIpc) is 3.00. The number of hydrogen-bond acceptors (Lipinski definition) is 6. The van der Waals surface area contributed by atoms with Crippen molar-refractivity contribution in [2.45, 2.75) is 43.4 Å². The Kier molecular flexibility index (Phi) is 6.69. The van der Waals surface area contributed by atoms with Crippen molar-refractivity contribution < 1.29 is 4.79 Å². The van der Waals surface area contributed by atoms with Gasteiger partial charge in [0.15, 0.2) is 4.34 Å². The first kappa shape index (κ1) is 18.2. The molecule has 2 heterocycles. The van der Waals surface area contributed by atoms with Crippen molar-refractivity contribution in [2.75, 3.05) is 24.2 Å². The number of carbonyl (C=O) groups excluding carboxylic acids is 1. The Morgan fingerprint density at radius 2 is 1.96 bits per heavy atom. The number of anilines is 2. The number of rotatable bonds is 5. The topological polar surface area (TPSA) is 58.1 Å². The molecule has 134 valence electrons. The van der Waals surface area contributed by atoms with E-state index in [4.69, 9.17) is 0 Å². The minimum absolute atomic E-state index is 0.218. The average molecular weight is 377 g/mol. The van der Waals surface area contributed by atoms with E-state index in [1.165, 1.54) is 47.9 Å². The fraction of sp³-hybridized carbons (Fsp3) is 0.500. The maximum absolute atomic E-state index is 12.4. The molecule has 1 aromatic carbocycles. The lowest BCUT2D eigenvalue weighted by atomic mass is 10.1. The van der Waals surface area contributed by atoms with E-state index in [1.54, 1.807) is 0 Å². The zero-order valence-corrected chi connectivity index (χ0v) is 16.2. The first-order chi connectivity index (χ1) is 12.2. The molecule has 0 saturated carbocycles. The second-order valence-electron chi connectivity index (χ2n) is 6.30. The van der Waals surface area contributed by atoms with Gasteiger partial charge in [-0.1, -0.05) is 54.5 Å². The van der Waals surface area contributed by atoms with Crippen LogP contribution >= 0.6 is 23.1 Å². The van der Waals surface area contributed by atoms with Gasteiger partial charge in [-0.2, -0.15) is 0 Å². The number of amides is 1. The summed E-state index contributed by atoms with van der Waals surface area (Å²) in [5, 5.41) is 12.4. The molecule has 1 amide bonds. The summed E-state index contributed by atoms with van der Waals surface area (Å²) in [5.41, 5.74) is 2.20. The zero-order chi connectivity index (χ0) is 17.5. The van der Waals surface area contributed by atoms with Gasteiger partial charge in [-0.15, -0.1) is 10.2 Å². The number of likely N-dealkylation sites (tertiary alicyclic amines) is 1. The molecule has 0 aliphatic carbocycles. The minimum Gasteiger partial charge on any atom is -0.342 e. The maximum atomic E-state index is 12.4. The van der Waals surface area contributed by atoms with E-state index in [2.05, 4.69) is 34.6 Å². The Labute approximate surface area is 157 Å². The van der Waals surface area contributed by atoms with Gasteiger partial charge in [-0.25, -0.2) is 0 Å². The van der Waals surface area contributed by atoms with Crippen LogP contribution in [0, 0.1) is 6.92 Å². The van der Waals surface area contributed by atoms with Gasteiger partial charge in [-0.05, 0) is 37.5 Å². The first-order valence-corrected chi connectivity index (χ1v) is 10.6. The summed E-state index contributed by atoms with van der Waals surface area (Å²) in [6.45, 7) is 3.86. The van der Waals surface area contributed by atoms with Gasteiger partial charge in [0, 0.05) is 18.8 Å². The third kappa shape index (κ3) is 5.71. The van der Waals surface area contributed by atoms with Crippen LogP contribution in [-0.2, 0) is 4.79 Å². The Hall–Kier alpha value is -1.60. The number of nitrogens with one attached hydrogen (secondary N) is 1. The molecule has 0 atom stereocenters. The summed E-state index contributed by atoms with van der Waals surface area (Å²) < 4.78 is 0.829. The molecule has 1 N–H and O–H groups in total. The van der Waals surface area contributed by atoms with Gasteiger partial charge in [-0.3, -0.25) is 4.79 Å². The molecule has 0 radical (unpaired) electrons. The summed E-state index contributed by atoms with van der Waals surface area (Å²) >= 11 is 2.97. The zero-order valence-electron chi connectivity index (χ0n) is 14.5. The molecule has 5 nitrogen and oxygen atoms in total. The van der Waals surface area contributed by atoms with E-state index in [0.717, 1.165) is 41.1 Å². The molecule has 1 aliphatic heterocycles. The van der Waals surface area contributed by atoms with Crippen LogP contribution in [-0.4, -0.2) is 39.8 Å². The van der Waals surface area contributed by atoms with Crippen molar-refractivity contribution in [1.29, 1.82) is 0 Å². The normalized spacial score (nSPS) is 15.5. The van der Waals surface area contributed by atoms with Crippen molar-refractivity contribution in [3.8, 4) is 0 Å². The summed E-state index contributed by atoms with van der Waals surface area (Å²) in [6, 6.07) is 8.14. The van der Waals surface area contributed by atoms with Crippen LogP contribution in [0.25, 0.3) is 0 Å². The number of aromatic nitrogens is 2. The fourth-order valence-corrected chi connectivity index (χ4v) is 4.55. The molecule has 0 bridgehead atoms. The number of carbonyl (C=O) groups is 1. The van der Waals surface area contributed by atoms with Crippen molar-refractivity contribution >= 4 is 39.8 Å². The molecule has 7 heteroatoms. The molecular formula is C18H24N4OS2. The summed E-state index contributed by atoms with van der Waals surface area (Å²) in [5.74, 6) is 0.661. The number of nitrogens with zero attached hydrogens (tertiary/aromatic N) is 3. The van der Waals surface area contributed by atoms with Crippen LogP contribution in [0.15, 0.2) is 28.6 Å². The van der Waals surface area contributed by atoms with Gasteiger partial charge >= 0.3 is 0 Å². The van der Waals surface area contributed by atoms with Crippen LogP contribution in [0.1, 0.15) is 37.7 Å². The summed E-state index contributed by atoms with van der Waals surface area (Å²) in [6.07, 6.45) is 6.03. The van der Waals surface area contributed by atoms with E-state index < -0.39 is 0 Å². The van der Waals surface area contributed by atoms with Crippen LogP contribution in [0.3, 0.4) is 0 Å². The predicted octanol–water partition coefficient (Wildman–Crippen LogP) is 4.47. The third-order valence-corrected chi connectivity index (χ3v) is 6.16. The smallest absolute Gasteiger partial charge is 0.233 e. The molecule has 1 saturated heterocycles. The second kappa shape index (κ2) is 9.20. The molecule has 1 aromatic heterocycles. The van der Waals surface area contributed by atoms with Gasteiger partial charge in [0.1, 0.15) is 0 Å². The molecular weight excluding hydrogens is 352 g/mol. The minimum atomic E-state index is 0.218. The maximum Gasteiger partial charge on any atom is 0.233 e. The van der Waals surface area contributed by atoms with E-state index >= 15 is 0 Å². The second-order valence-corrected chi connectivity index (χ2v) is 8.50. The van der Waals surface area contributed by atoms with E-state index in [9.17, 15) is 4.79 Å². The van der Waals surface area contributed by atoms with Crippen molar-refractivity contribution in [3.05, 3.63) is 29.8 Å². The molecule has 25 heavy (non-hydrogen) atoms. The summed E-state index contributed by atoms with van der Waals surface area (Å²) in [7, 11) is 0. The Balaban J connectivity index is 1.50. The monoisotopic (exact) mass is 376 g/mol. The molecule has 1 aliphatic rings. The quantitative estimate of drug-likeness (QED) is 0.780. The Bertz CT molecular complexity index is 696. The molecule has 0 spiro atoms. The highest BCUT2D eigenvalue weighted by Gasteiger charge is 2.16. The molecule has 3 rings (SSSR count). The lowest BCUT2D eigenvalue weighted by molar-refractivity contribution is -0.128. The first-order valence-electron chi connectivity index (χ1n) is 8.78. The SMILES string of the molecule is Cc1cccc(Nc2nnc(SCC(=O)N3CCCCCCC3)s2)c1. The van der Waals surface area contributed by atoms with Crippen LogP contribution < -0.4 is 5.32 Å². The van der Waals surface area contributed by atoms with E-state index in [0.29, 0.717) is 5.75 Å². The lowest BCUT2D eigenvalue weighted by Crippen LogP contribution is -2.35. The van der Waals surface area contributed by atoms with Gasteiger partial charge < -0.3 is 10.2 Å². The van der Waals surface area contributed by atoms with Crippen LogP contribution in [0.4, 0.5) is 10.8 Å². The van der Waals surface area contributed by atoms with Crippen molar-refractivity contribution in [3.63, 3.8) is 0 Å². The Morgan fingerprint density at radius 3 is 2.72 bits per heavy atom. The largest absolute Gasteiger partial charge is 0.342 e. The molecule has 2 aromatic rings. The number of benzene rings is 1.